The summed E-state index contributed by atoms with van der Waals surface area (Å²) in [5.74, 6) is 0.514. The molecule has 0 spiro atoms. The summed E-state index contributed by atoms with van der Waals surface area (Å²) in [6.45, 7) is 3.49. The van der Waals surface area contributed by atoms with Crippen molar-refractivity contribution in [3.8, 4) is 0 Å². The van der Waals surface area contributed by atoms with E-state index in [9.17, 15) is 4.79 Å². The van der Waals surface area contributed by atoms with Gasteiger partial charge >= 0.3 is 0 Å². The van der Waals surface area contributed by atoms with Gasteiger partial charge < -0.3 is 0 Å². The molecule has 2 atom stereocenters. The van der Waals surface area contributed by atoms with Crippen molar-refractivity contribution >= 4 is 5.78 Å². The third-order valence-electron chi connectivity index (χ3n) is 3.96. The summed E-state index contributed by atoms with van der Waals surface area (Å²) >= 11 is 0. The Bertz CT molecular complexity index is 227. The van der Waals surface area contributed by atoms with Crippen LogP contribution in [0.5, 0.6) is 0 Å². The molecule has 0 bridgehead atoms. The summed E-state index contributed by atoms with van der Waals surface area (Å²) in [4.78, 5) is 14.2. The highest BCUT2D eigenvalue weighted by Crippen LogP contribution is 2.31. The topological polar surface area (TPSA) is 20.3 Å². The first-order valence-corrected chi connectivity index (χ1v) is 6.58. The van der Waals surface area contributed by atoms with E-state index in [4.69, 9.17) is 0 Å². The highest BCUT2D eigenvalue weighted by Gasteiger charge is 2.36. The van der Waals surface area contributed by atoms with Gasteiger partial charge in [0.05, 0.1) is 0 Å². The number of Topliss-reactive ketones (excluding diaryl/α,β-unsaturated/α-hetero) is 1. The van der Waals surface area contributed by atoms with Gasteiger partial charge in [-0.05, 0) is 25.8 Å². The Labute approximate surface area is 93.0 Å². The van der Waals surface area contributed by atoms with Crippen molar-refractivity contribution in [1.29, 1.82) is 0 Å². The molecule has 0 aromatic rings. The van der Waals surface area contributed by atoms with Crippen LogP contribution in [0, 0.1) is 0 Å². The summed E-state index contributed by atoms with van der Waals surface area (Å²) in [7, 11) is 0. The van der Waals surface area contributed by atoms with E-state index in [0.717, 1.165) is 12.8 Å². The van der Waals surface area contributed by atoms with Gasteiger partial charge in [0.25, 0.3) is 0 Å². The minimum absolute atomic E-state index is 0.514. The van der Waals surface area contributed by atoms with Crippen LogP contribution in [0.3, 0.4) is 0 Å². The Kier molecular flexibility index (Phi) is 3.79. The van der Waals surface area contributed by atoms with Crippen molar-refractivity contribution in [3.05, 3.63) is 0 Å². The lowest BCUT2D eigenvalue weighted by molar-refractivity contribution is -0.124. The summed E-state index contributed by atoms with van der Waals surface area (Å²) in [6.07, 6.45) is 9.39. The molecule has 2 heterocycles. The zero-order chi connectivity index (χ0) is 10.7. The fourth-order valence-electron chi connectivity index (χ4n) is 3.18. The fourth-order valence-corrected chi connectivity index (χ4v) is 3.18. The van der Waals surface area contributed by atoms with Crippen molar-refractivity contribution in [1.82, 2.24) is 4.90 Å². The maximum atomic E-state index is 11.6. The van der Waals surface area contributed by atoms with E-state index in [-0.39, 0.29) is 0 Å². The van der Waals surface area contributed by atoms with Crippen molar-refractivity contribution < 1.29 is 4.79 Å². The molecule has 2 nitrogen and oxygen atoms in total. The van der Waals surface area contributed by atoms with E-state index in [1.807, 2.05) is 0 Å². The normalized spacial score (nSPS) is 31.9. The number of hydrogen-bond acceptors (Lipinski definition) is 2. The largest absolute Gasteiger partial charge is 0.300 e. The number of nitrogens with zero attached hydrogens (tertiary/aromatic N) is 1. The van der Waals surface area contributed by atoms with Crippen LogP contribution in [-0.2, 0) is 4.79 Å². The van der Waals surface area contributed by atoms with Crippen LogP contribution < -0.4 is 0 Å². The molecule has 0 saturated carbocycles. The number of carbonyl (C=O) groups excluding carboxylic acids is 1. The van der Waals surface area contributed by atoms with Crippen molar-refractivity contribution in [2.24, 2.45) is 0 Å². The van der Waals surface area contributed by atoms with Crippen LogP contribution in [0.2, 0.25) is 0 Å². The molecule has 0 unspecified atom stereocenters. The van der Waals surface area contributed by atoms with Gasteiger partial charge in [-0.25, -0.2) is 0 Å². The zero-order valence-corrected chi connectivity index (χ0v) is 9.87. The first kappa shape index (κ1) is 11.1. The van der Waals surface area contributed by atoms with Crippen LogP contribution >= 0.6 is 0 Å². The standard InChI is InChI=1S/C13H23NO/c1-2-3-4-6-11-9-13(15)10-12-7-5-8-14(11)12/h11-12H,2-10H2,1H3/t11-,12+/m1/s1. The summed E-state index contributed by atoms with van der Waals surface area (Å²) in [5, 5.41) is 0. The molecular formula is C13H23NO. The molecule has 2 heteroatoms. The molecule has 0 aliphatic carbocycles. The molecule has 0 aromatic carbocycles. The molecule has 2 saturated heterocycles. The smallest absolute Gasteiger partial charge is 0.136 e. The summed E-state index contributed by atoms with van der Waals surface area (Å²) < 4.78 is 0. The molecular weight excluding hydrogens is 186 g/mol. The number of ketones is 1. The number of hydrogen-bond donors (Lipinski definition) is 0. The van der Waals surface area contributed by atoms with Gasteiger partial charge in [0.1, 0.15) is 5.78 Å². The van der Waals surface area contributed by atoms with Crippen molar-refractivity contribution in [2.75, 3.05) is 6.54 Å². The highest BCUT2D eigenvalue weighted by atomic mass is 16.1. The average molecular weight is 209 g/mol. The number of piperidine rings is 1. The molecule has 15 heavy (non-hydrogen) atoms. The summed E-state index contributed by atoms with van der Waals surface area (Å²) in [6, 6.07) is 1.20. The lowest BCUT2D eigenvalue weighted by Crippen LogP contribution is -2.45. The second kappa shape index (κ2) is 5.11. The Morgan fingerprint density at radius 2 is 2.20 bits per heavy atom. The van der Waals surface area contributed by atoms with Crippen LogP contribution in [0.1, 0.15) is 58.3 Å². The van der Waals surface area contributed by atoms with E-state index in [1.54, 1.807) is 0 Å². The maximum absolute atomic E-state index is 11.6. The molecule has 0 radical (unpaired) electrons. The third-order valence-corrected chi connectivity index (χ3v) is 3.96. The number of rotatable bonds is 4. The predicted octanol–water partition coefficient (Wildman–Crippen LogP) is 2.76. The van der Waals surface area contributed by atoms with E-state index >= 15 is 0 Å². The molecule has 0 aromatic heterocycles. The lowest BCUT2D eigenvalue weighted by atomic mass is 9.92. The molecule has 2 aliphatic rings. The second-order valence-electron chi connectivity index (χ2n) is 5.13. The molecule has 0 N–H and O–H groups in total. The van der Waals surface area contributed by atoms with Gasteiger partial charge in [-0.1, -0.05) is 26.2 Å². The van der Waals surface area contributed by atoms with Gasteiger partial charge in [-0.3, -0.25) is 9.69 Å². The van der Waals surface area contributed by atoms with Crippen LogP contribution in [0.4, 0.5) is 0 Å². The lowest BCUT2D eigenvalue weighted by Gasteiger charge is -2.37. The fraction of sp³-hybridized carbons (Fsp3) is 0.923. The first-order chi connectivity index (χ1) is 7.31. The Morgan fingerprint density at radius 3 is 3.00 bits per heavy atom. The zero-order valence-electron chi connectivity index (χ0n) is 9.87. The Morgan fingerprint density at radius 1 is 1.33 bits per heavy atom. The third kappa shape index (κ3) is 2.60. The van der Waals surface area contributed by atoms with Crippen LogP contribution in [0.15, 0.2) is 0 Å². The van der Waals surface area contributed by atoms with Gasteiger partial charge in [0.2, 0.25) is 0 Å². The summed E-state index contributed by atoms with van der Waals surface area (Å²) in [5.41, 5.74) is 0. The Balaban J connectivity index is 1.87. The SMILES string of the molecule is CCCCC[C@@H]1CC(=O)C[C@@H]2CCCN12. The Hall–Kier alpha value is -0.370. The van der Waals surface area contributed by atoms with Crippen molar-refractivity contribution in [2.45, 2.75) is 70.4 Å². The van der Waals surface area contributed by atoms with E-state index < -0.39 is 0 Å². The van der Waals surface area contributed by atoms with Gasteiger partial charge in [-0.15, -0.1) is 0 Å². The van der Waals surface area contributed by atoms with Crippen molar-refractivity contribution in [3.63, 3.8) is 0 Å². The first-order valence-electron chi connectivity index (χ1n) is 6.58. The molecule has 2 rings (SSSR count). The molecule has 2 aliphatic heterocycles. The highest BCUT2D eigenvalue weighted by molar-refractivity contribution is 5.80. The molecule has 2 fully saturated rings. The molecule has 0 amide bonds. The second-order valence-corrected chi connectivity index (χ2v) is 5.13. The van der Waals surface area contributed by atoms with Crippen LogP contribution in [-0.4, -0.2) is 29.3 Å². The van der Waals surface area contributed by atoms with E-state index in [0.29, 0.717) is 17.9 Å². The van der Waals surface area contributed by atoms with Gasteiger partial charge in [0.15, 0.2) is 0 Å². The van der Waals surface area contributed by atoms with Gasteiger partial charge in [0, 0.05) is 24.9 Å². The van der Waals surface area contributed by atoms with Gasteiger partial charge in [-0.2, -0.15) is 0 Å². The monoisotopic (exact) mass is 209 g/mol. The van der Waals surface area contributed by atoms with Crippen LogP contribution in [0.25, 0.3) is 0 Å². The van der Waals surface area contributed by atoms with E-state index in [2.05, 4.69) is 11.8 Å². The predicted molar refractivity (Wildman–Crippen MR) is 61.9 cm³/mol. The minimum Gasteiger partial charge on any atom is -0.300 e. The number of fused-ring (bicyclic) bond motifs is 1. The quantitative estimate of drug-likeness (QED) is 0.664. The van der Waals surface area contributed by atoms with E-state index in [1.165, 1.54) is 45.1 Å². The number of unbranched alkanes of at least 4 members (excludes halogenated alkanes) is 2. The maximum Gasteiger partial charge on any atom is 0.136 e. The minimum atomic E-state index is 0.514. The number of carbonyl (C=O) groups is 1. The average Bonchev–Trinajstić information content (AvgIpc) is 2.65. The molecule has 86 valence electrons.